The number of unbranched alkanes of at least 4 members (excludes halogenated alkanes) is 1. The Morgan fingerprint density at radius 3 is 2.79 bits per heavy atom. The Labute approximate surface area is 111 Å². The topological polar surface area (TPSA) is 50.9 Å². The number of aliphatic hydroxyl groups is 1. The van der Waals surface area contributed by atoms with Crippen molar-refractivity contribution in [2.24, 2.45) is 0 Å². The van der Waals surface area contributed by atoms with Gasteiger partial charge in [-0.1, -0.05) is 36.8 Å². The summed E-state index contributed by atoms with van der Waals surface area (Å²) in [5.41, 5.74) is 2.06. The van der Waals surface area contributed by atoms with Gasteiger partial charge in [-0.25, -0.2) is 9.07 Å². The first-order chi connectivity index (χ1) is 9.26. The first-order valence-electron chi connectivity index (χ1n) is 6.51. The number of hydrogen-bond acceptors (Lipinski definition) is 3. The van der Waals surface area contributed by atoms with Crippen LogP contribution in [0.15, 0.2) is 24.3 Å². The zero-order valence-corrected chi connectivity index (χ0v) is 11.0. The fourth-order valence-corrected chi connectivity index (χ4v) is 2.02. The Hall–Kier alpha value is -1.75. The molecule has 0 spiro atoms. The molecule has 0 saturated heterocycles. The van der Waals surface area contributed by atoms with Gasteiger partial charge in [0.05, 0.1) is 18.8 Å². The zero-order chi connectivity index (χ0) is 13.7. The summed E-state index contributed by atoms with van der Waals surface area (Å²) >= 11 is 0. The first-order valence-corrected chi connectivity index (χ1v) is 6.51. The lowest BCUT2D eigenvalue weighted by atomic mass is 10.1. The van der Waals surface area contributed by atoms with E-state index in [0.717, 1.165) is 25.0 Å². The van der Waals surface area contributed by atoms with E-state index >= 15 is 0 Å². The Balaban J connectivity index is 2.24. The van der Waals surface area contributed by atoms with Crippen molar-refractivity contribution in [1.29, 1.82) is 0 Å². The van der Waals surface area contributed by atoms with Gasteiger partial charge in [-0.05, 0) is 18.9 Å². The molecule has 0 aliphatic rings. The minimum atomic E-state index is -0.245. The van der Waals surface area contributed by atoms with Gasteiger partial charge >= 0.3 is 0 Å². The average molecular weight is 263 g/mol. The van der Waals surface area contributed by atoms with Crippen molar-refractivity contribution in [3.8, 4) is 0 Å². The summed E-state index contributed by atoms with van der Waals surface area (Å²) in [5, 5.41) is 17.2. The molecule has 1 aromatic heterocycles. The molecule has 102 valence electrons. The third-order valence-corrected chi connectivity index (χ3v) is 3.11. The molecule has 0 radical (unpaired) electrons. The van der Waals surface area contributed by atoms with Crippen molar-refractivity contribution in [3.63, 3.8) is 0 Å². The van der Waals surface area contributed by atoms with E-state index in [1.165, 1.54) is 6.07 Å². The molecule has 5 heteroatoms. The molecular weight excluding hydrogens is 245 g/mol. The minimum Gasteiger partial charge on any atom is -0.390 e. The van der Waals surface area contributed by atoms with Crippen LogP contribution in [-0.2, 0) is 19.6 Å². The third kappa shape index (κ3) is 3.17. The molecule has 0 aliphatic carbocycles. The lowest BCUT2D eigenvalue weighted by Crippen LogP contribution is -2.09. The van der Waals surface area contributed by atoms with E-state index in [-0.39, 0.29) is 12.4 Å². The number of nitrogens with zero attached hydrogens (tertiary/aromatic N) is 3. The van der Waals surface area contributed by atoms with E-state index in [1.807, 2.05) is 0 Å². The molecule has 0 atom stereocenters. The highest BCUT2D eigenvalue weighted by atomic mass is 19.1. The summed E-state index contributed by atoms with van der Waals surface area (Å²) in [5.74, 6) is -0.245. The third-order valence-electron chi connectivity index (χ3n) is 3.11. The van der Waals surface area contributed by atoms with Crippen molar-refractivity contribution >= 4 is 0 Å². The van der Waals surface area contributed by atoms with Crippen molar-refractivity contribution < 1.29 is 9.50 Å². The summed E-state index contributed by atoms with van der Waals surface area (Å²) in [6.45, 7) is 2.32. The van der Waals surface area contributed by atoms with Crippen LogP contribution in [0.5, 0.6) is 0 Å². The van der Waals surface area contributed by atoms with Crippen molar-refractivity contribution in [2.45, 2.75) is 39.3 Å². The van der Waals surface area contributed by atoms with Gasteiger partial charge < -0.3 is 5.11 Å². The molecule has 2 rings (SSSR count). The molecular formula is C14H18FN3O. The van der Waals surface area contributed by atoms with Crippen LogP contribution in [0.25, 0.3) is 0 Å². The van der Waals surface area contributed by atoms with E-state index in [2.05, 4.69) is 17.2 Å². The second-order valence-corrected chi connectivity index (χ2v) is 4.49. The van der Waals surface area contributed by atoms with E-state index in [9.17, 15) is 9.50 Å². The van der Waals surface area contributed by atoms with Gasteiger partial charge in [0.15, 0.2) is 0 Å². The summed E-state index contributed by atoms with van der Waals surface area (Å²) < 4.78 is 15.3. The maximum Gasteiger partial charge on any atom is 0.128 e. The zero-order valence-electron chi connectivity index (χ0n) is 11.0. The van der Waals surface area contributed by atoms with Gasteiger partial charge in [0.1, 0.15) is 11.5 Å². The maximum absolute atomic E-state index is 13.6. The standard InChI is InChI=1S/C14H18FN3O/c1-2-3-8-14-13(10-19)16-17-18(14)9-11-6-4-5-7-12(11)15/h4-7,19H,2-3,8-10H2,1H3. The highest BCUT2D eigenvalue weighted by Crippen LogP contribution is 2.14. The van der Waals surface area contributed by atoms with Crippen LogP contribution in [0, 0.1) is 5.82 Å². The molecule has 0 unspecified atom stereocenters. The Kier molecular flexibility index (Phi) is 4.63. The maximum atomic E-state index is 13.6. The van der Waals surface area contributed by atoms with Crippen molar-refractivity contribution in [3.05, 3.63) is 47.0 Å². The summed E-state index contributed by atoms with van der Waals surface area (Å²) in [6, 6.07) is 6.63. The van der Waals surface area contributed by atoms with E-state index < -0.39 is 0 Å². The Morgan fingerprint density at radius 1 is 1.32 bits per heavy atom. The van der Waals surface area contributed by atoms with Crippen LogP contribution < -0.4 is 0 Å². The Morgan fingerprint density at radius 2 is 2.11 bits per heavy atom. The molecule has 0 saturated carbocycles. The molecule has 0 bridgehead atoms. The molecule has 1 heterocycles. The number of rotatable bonds is 6. The summed E-state index contributed by atoms with van der Waals surface area (Å²) in [4.78, 5) is 0. The number of aliphatic hydroxyl groups excluding tert-OH is 1. The van der Waals surface area contributed by atoms with E-state index in [0.29, 0.717) is 17.8 Å². The molecule has 0 amide bonds. The highest BCUT2D eigenvalue weighted by Gasteiger charge is 2.13. The normalized spacial score (nSPS) is 10.9. The average Bonchev–Trinajstić information content (AvgIpc) is 2.81. The predicted octanol–water partition coefficient (Wildman–Crippen LogP) is 2.30. The number of aromatic nitrogens is 3. The van der Waals surface area contributed by atoms with E-state index in [4.69, 9.17) is 0 Å². The van der Waals surface area contributed by atoms with Gasteiger partial charge in [-0.15, -0.1) is 5.10 Å². The predicted molar refractivity (Wildman–Crippen MR) is 70.1 cm³/mol. The fraction of sp³-hybridized carbons (Fsp3) is 0.429. The first kappa shape index (κ1) is 13.7. The lowest BCUT2D eigenvalue weighted by molar-refractivity contribution is 0.275. The smallest absolute Gasteiger partial charge is 0.128 e. The Bertz CT molecular complexity index is 539. The van der Waals surface area contributed by atoms with E-state index in [1.54, 1.807) is 22.9 Å². The van der Waals surface area contributed by atoms with Crippen LogP contribution in [0.4, 0.5) is 4.39 Å². The summed E-state index contributed by atoms with van der Waals surface area (Å²) in [6.07, 6.45) is 2.85. The number of hydrogen-bond donors (Lipinski definition) is 1. The van der Waals surface area contributed by atoms with Crippen LogP contribution in [0.3, 0.4) is 0 Å². The lowest BCUT2D eigenvalue weighted by Gasteiger charge is -2.08. The van der Waals surface area contributed by atoms with Crippen LogP contribution in [-0.4, -0.2) is 20.1 Å². The summed E-state index contributed by atoms with van der Waals surface area (Å²) in [7, 11) is 0. The quantitative estimate of drug-likeness (QED) is 0.870. The minimum absolute atomic E-state index is 0.129. The highest BCUT2D eigenvalue weighted by molar-refractivity contribution is 5.19. The van der Waals surface area contributed by atoms with Gasteiger partial charge in [0.25, 0.3) is 0 Å². The molecule has 1 aromatic carbocycles. The molecule has 4 nitrogen and oxygen atoms in total. The number of benzene rings is 1. The second kappa shape index (κ2) is 6.43. The van der Waals surface area contributed by atoms with Crippen molar-refractivity contribution in [1.82, 2.24) is 15.0 Å². The molecule has 2 aromatic rings. The largest absolute Gasteiger partial charge is 0.390 e. The molecule has 0 aliphatic heterocycles. The van der Waals surface area contributed by atoms with Gasteiger partial charge in [-0.2, -0.15) is 0 Å². The van der Waals surface area contributed by atoms with Crippen LogP contribution in [0.2, 0.25) is 0 Å². The number of halogens is 1. The van der Waals surface area contributed by atoms with Crippen molar-refractivity contribution in [2.75, 3.05) is 0 Å². The van der Waals surface area contributed by atoms with Crippen LogP contribution >= 0.6 is 0 Å². The SMILES string of the molecule is CCCCc1c(CO)nnn1Cc1ccccc1F. The molecule has 1 N–H and O–H groups in total. The van der Waals surface area contributed by atoms with Gasteiger partial charge in [-0.3, -0.25) is 0 Å². The van der Waals surface area contributed by atoms with Gasteiger partial charge in [0.2, 0.25) is 0 Å². The fourth-order valence-electron chi connectivity index (χ4n) is 2.02. The monoisotopic (exact) mass is 263 g/mol. The molecule has 0 fully saturated rings. The molecule has 19 heavy (non-hydrogen) atoms. The van der Waals surface area contributed by atoms with Gasteiger partial charge in [0, 0.05) is 5.56 Å². The van der Waals surface area contributed by atoms with Crippen LogP contribution in [0.1, 0.15) is 36.7 Å². The second-order valence-electron chi connectivity index (χ2n) is 4.49.